The molecule has 6 nitrogen and oxygen atoms in total. The van der Waals surface area contributed by atoms with Crippen molar-refractivity contribution in [2.75, 3.05) is 5.73 Å². The summed E-state index contributed by atoms with van der Waals surface area (Å²) in [5, 5.41) is 14.5. The van der Waals surface area contributed by atoms with Gasteiger partial charge in [0.05, 0.1) is 0 Å². The Kier molecular flexibility index (Phi) is 1.95. The van der Waals surface area contributed by atoms with Crippen LogP contribution in [0.2, 0.25) is 0 Å². The van der Waals surface area contributed by atoms with E-state index >= 15 is 0 Å². The fraction of sp³-hybridized carbons (Fsp3) is 0.375. The molecular weight excluding hydrogens is 180 g/mol. The van der Waals surface area contributed by atoms with Crippen molar-refractivity contribution in [3.8, 4) is 11.5 Å². The third kappa shape index (κ3) is 1.34. The quantitative estimate of drug-likeness (QED) is 0.738. The van der Waals surface area contributed by atoms with Gasteiger partial charge < -0.3 is 10.3 Å². The molecule has 0 aliphatic rings. The maximum atomic E-state index is 5.51. The van der Waals surface area contributed by atoms with Crippen LogP contribution < -0.4 is 5.73 Å². The van der Waals surface area contributed by atoms with E-state index in [0.717, 1.165) is 11.5 Å². The van der Waals surface area contributed by atoms with Gasteiger partial charge in [-0.1, -0.05) is 0 Å². The number of aromatic amines is 1. The summed E-state index contributed by atoms with van der Waals surface area (Å²) in [5.74, 6) is 1.21. The second-order valence-electron chi connectivity index (χ2n) is 3.36. The van der Waals surface area contributed by atoms with Crippen molar-refractivity contribution in [3.05, 3.63) is 12.4 Å². The molecule has 0 aliphatic heterocycles. The average molecular weight is 192 g/mol. The van der Waals surface area contributed by atoms with Crippen LogP contribution >= 0.6 is 0 Å². The zero-order chi connectivity index (χ0) is 10.1. The Balaban J connectivity index is 2.46. The number of H-pyrrole nitrogens is 1. The van der Waals surface area contributed by atoms with Gasteiger partial charge in [-0.15, -0.1) is 10.2 Å². The molecule has 0 amide bonds. The van der Waals surface area contributed by atoms with E-state index in [-0.39, 0.29) is 0 Å². The summed E-state index contributed by atoms with van der Waals surface area (Å²) in [6.07, 6.45) is 1.69. The van der Waals surface area contributed by atoms with Crippen LogP contribution in [0.4, 0.5) is 5.82 Å². The molecule has 2 heterocycles. The smallest absolute Gasteiger partial charge is 0.182 e. The Morgan fingerprint density at radius 3 is 2.86 bits per heavy atom. The van der Waals surface area contributed by atoms with Gasteiger partial charge in [0.25, 0.3) is 0 Å². The van der Waals surface area contributed by atoms with Crippen molar-refractivity contribution in [3.63, 3.8) is 0 Å². The molecule has 0 unspecified atom stereocenters. The van der Waals surface area contributed by atoms with E-state index in [4.69, 9.17) is 5.73 Å². The minimum absolute atomic E-state index is 0.310. The second kappa shape index (κ2) is 3.13. The lowest BCUT2D eigenvalue weighted by Gasteiger charge is -2.07. The van der Waals surface area contributed by atoms with E-state index in [1.54, 1.807) is 12.4 Å². The van der Waals surface area contributed by atoms with Crippen molar-refractivity contribution < 1.29 is 0 Å². The van der Waals surface area contributed by atoms with Crippen LogP contribution in [0.1, 0.15) is 19.9 Å². The molecule has 0 radical (unpaired) electrons. The number of aromatic nitrogens is 5. The first-order valence-electron chi connectivity index (χ1n) is 4.39. The molecular formula is C8H12N6. The first kappa shape index (κ1) is 8.74. The summed E-state index contributed by atoms with van der Waals surface area (Å²) in [6.45, 7) is 4.12. The van der Waals surface area contributed by atoms with Gasteiger partial charge in [-0.25, -0.2) is 0 Å². The number of nitrogens with zero attached hydrogens (tertiary/aromatic N) is 4. The highest BCUT2D eigenvalue weighted by atomic mass is 15.3. The number of nitrogen functional groups attached to an aromatic ring is 1. The fourth-order valence-electron chi connectivity index (χ4n) is 1.27. The van der Waals surface area contributed by atoms with E-state index in [0.29, 0.717) is 11.9 Å². The topological polar surface area (TPSA) is 85.4 Å². The molecule has 0 aromatic carbocycles. The molecule has 0 saturated heterocycles. The van der Waals surface area contributed by atoms with E-state index in [1.807, 2.05) is 4.57 Å². The van der Waals surface area contributed by atoms with Gasteiger partial charge in [0.15, 0.2) is 5.82 Å². The Bertz CT molecular complexity index is 426. The first-order valence-corrected chi connectivity index (χ1v) is 4.39. The molecule has 0 spiro atoms. The van der Waals surface area contributed by atoms with Crippen LogP contribution in [-0.4, -0.2) is 25.0 Å². The molecule has 3 N–H and O–H groups in total. The molecule has 6 heteroatoms. The Hall–Kier alpha value is -1.85. The van der Waals surface area contributed by atoms with Gasteiger partial charge in [0.1, 0.15) is 17.8 Å². The molecule has 0 bridgehead atoms. The monoisotopic (exact) mass is 192 g/mol. The Morgan fingerprint density at radius 1 is 1.50 bits per heavy atom. The Morgan fingerprint density at radius 2 is 2.29 bits per heavy atom. The normalized spacial score (nSPS) is 11.1. The maximum Gasteiger partial charge on any atom is 0.182 e. The third-order valence-electron chi connectivity index (χ3n) is 1.97. The predicted octanol–water partition coefficient (Wildman–Crippen LogP) is 0.831. The molecule has 0 atom stereocenters. The highest BCUT2D eigenvalue weighted by Gasteiger charge is 2.11. The highest BCUT2D eigenvalue weighted by molar-refractivity contribution is 5.53. The summed E-state index contributed by atoms with van der Waals surface area (Å²) in [4.78, 5) is 0. The number of nitrogens with one attached hydrogen (secondary N) is 1. The summed E-state index contributed by atoms with van der Waals surface area (Å²) in [5.41, 5.74) is 6.30. The minimum atomic E-state index is 0.310. The molecule has 0 fully saturated rings. The lowest BCUT2D eigenvalue weighted by molar-refractivity contribution is 0.603. The van der Waals surface area contributed by atoms with Gasteiger partial charge in [0, 0.05) is 12.1 Å². The third-order valence-corrected chi connectivity index (χ3v) is 1.97. The highest BCUT2D eigenvalue weighted by Crippen LogP contribution is 2.18. The maximum absolute atomic E-state index is 5.51. The predicted molar refractivity (Wildman–Crippen MR) is 52.4 cm³/mol. The fourth-order valence-corrected chi connectivity index (χ4v) is 1.27. The molecule has 74 valence electrons. The number of hydrogen-bond acceptors (Lipinski definition) is 4. The van der Waals surface area contributed by atoms with Crippen molar-refractivity contribution >= 4 is 5.82 Å². The first-order chi connectivity index (χ1) is 6.68. The molecule has 2 aromatic rings. The van der Waals surface area contributed by atoms with E-state index in [2.05, 4.69) is 34.2 Å². The molecule has 0 aliphatic carbocycles. The Labute approximate surface area is 81.1 Å². The number of nitrogens with two attached hydrogens (primary N) is 1. The zero-order valence-electron chi connectivity index (χ0n) is 8.10. The second-order valence-corrected chi connectivity index (χ2v) is 3.36. The van der Waals surface area contributed by atoms with E-state index in [9.17, 15) is 0 Å². The van der Waals surface area contributed by atoms with Crippen molar-refractivity contribution in [1.29, 1.82) is 0 Å². The molecule has 2 aromatic heterocycles. The van der Waals surface area contributed by atoms with E-state index < -0.39 is 0 Å². The lowest BCUT2D eigenvalue weighted by atomic mass is 10.3. The van der Waals surface area contributed by atoms with Gasteiger partial charge >= 0.3 is 0 Å². The van der Waals surface area contributed by atoms with Crippen LogP contribution in [0.25, 0.3) is 11.5 Å². The largest absolute Gasteiger partial charge is 0.382 e. The van der Waals surface area contributed by atoms with Crippen molar-refractivity contribution in [2.24, 2.45) is 0 Å². The van der Waals surface area contributed by atoms with Crippen LogP contribution in [0.15, 0.2) is 12.4 Å². The van der Waals surface area contributed by atoms with Crippen molar-refractivity contribution in [1.82, 2.24) is 25.0 Å². The standard InChI is InChI=1S/C8H12N6/c1-5(2)14-4-10-13-8(14)6-3-7(9)12-11-6/h3-5H,1-2H3,(H3,9,11,12). The molecule has 0 saturated carbocycles. The minimum Gasteiger partial charge on any atom is -0.382 e. The average Bonchev–Trinajstić information content (AvgIpc) is 2.70. The van der Waals surface area contributed by atoms with Crippen LogP contribution in [-0.2, 0) is 0 Å². The number of rotatable bonds is 2. The van der Waals surface area contributed by atoms with Crippen LogP contribution in [0.3, 0.4) is 0 Å². The zero-order valence-corrected chi connectivity index (χ0v) is 8.10. The molecule has 2 rings (SSSR count). The van der Waals surface area contributed by atoms with Crippen molar-refractivity contribution in [2.45, 2.75) is 19.9 Å². The SMILES string of the molecule is CC(C)n1cnnc1-c1cc(N)n[nH]1. The van der Waals surface area contributed by atoms with Gasteiger partial charge in [-0.3, -0.25) is 5.10 Å². The summed E-state index contributed by atoms with van der Waals surface area (Å²) in [7, 11) is 0. The lowest BCUT2D eigenvalue weighted by Crippen LogP contribution is -2.01. The van der Waals surface area contributed by atoms with Gasteiger partial charge in [-0.2, -0.15) is 5.10 Å². The number of anilines is 1. The van der Waals surface area contributed by atoms with Crippen LogP contribution in [0.5, 0.6) is 0 Å². The molecule has 14 heavy (non-hydrogen) atoms. The summed E-state index contributed by atoms with van der Waals surface area (Å²) >= 11 is 0. The van der Waals surface area contributed by atoms with E-state index in [1.165, 1.54) is 0 Å². The summed E-state index contributed by atoms with van der Waals surface area (Å²) in [6, 6.07) is 2.05. The number of hydrogen-bond donors (Lipinski definition) is 2. The van der Waals surface area contributed by atoms with Gasteiger partial charge in [0.2, 0.25) is 0 Å². The summed E-state index contributed by atoms with van der Waals surface area (Å²) < 4.78 is 1.95. The van der Waals surface area contributed by atoms with Crippen LogP contribution in [0, 0.1) is 0 Å². The van der Waals surface area contributed by atoms with Gasteiger partial charge in [-0.05, 0) is 13.8 Å².